The Morgan fingerprint density at radius 1 is 1.14 bits per heavy atom. The molecule has 2 aromatic carbocycles. The lowest BCUT2D eigenvalue weighted by atomic mass is 9.93. The zero-order chi connectivity index (χ0) is 15.8. The van der Waals surface area contributed by atoms with Crippen LogP contribution in [0.5, 0.6) is 0 Å². The summed E-state index contributed by atoms with van der Waals surface area (Å²) >= 11 is 6.83. The summed E-state index contributed by atoms with van der Waals surface area (Å²) in [4.78, 5) is 0.845. The molecule has 114 valence electrons. The van der Waals surface area contributed by atoms with Crippen LogP contribution in [0.1, 0.15) is 32.3 Å². The smallest absolute Gasteiger partial charge is 0.0409 e. The van der Waals surface area contributed by atoms with E-state index in [1.54, 1.807) is 6.92 Å². The Balaban J connectivity index is 0.000000677. The summed E-state index contributed by atoms with van der Waals surface area (Å²) in [6.45, 7) is 6.24. The third-order valence-corrected chi connectivity index (χ3v) is 3.59. The fourth-order valence-electron chi connectivity index (χ4n) is 1.99. The van der Waals surface area contributed by atoms with E-state index in [0.29, 0.717) is 5.92 Å². The summed E-state index contributed by atoms with van der Waals surface area (Å²) in [6, 6.07) is 13.8. The van der Waals surface area contributed by atoms with E-state index in [2.05, 4.69) is 19.9 Å². The molecule has 21 heavy (non-hydrogen) atoms. The molecule has 0 radical (unpaired) electrons. The largest absolute Gasteiger partial charge is 0.397 e. The lowest BCUT2D eigenvalue weighted by Gasteiger charge is -2.14. The van der Waals surface area contributed by atoms with Gasteiger partial charge in [-0.05, 0) is 53.8 Å². The van der Waals surface area contributed by atoms with Crippen molar-refractivity contribution in [3.63, 3.8) is 0 Å². The van der Waals surface area contributed by atoms with Crippen LogP contribution in [-0.2, 0) is 0 Å². The maximum absolute atomic E-state index is 9.13. The molecule has 0 atom stereocenters. The Hall–Kier alpha value is -1.00. The molecular weight excluding hydrogens is 304 g/mol. The highest BCUT2D eigenvalue weighted by molar-refractivity contribution is 7.93. The van der Waals surface area contributed by atoms with Crippen LogP contribution in [0, 0.1) is 0 Å². The fourth-order valence-corrected chi connectivity index (χ4v) is 2.49. The van der Waals surface area contributed by atoms with Gasteiger partial charge < -0.3 is 9.66 Å². The third kappa shape index (κ3) is 5.36. The van der Waals surface area contributed by atoms with Crippen molar-refractivity contribution in [1.82, 2.24) is 0 Å². The van der Waals surface area contributed by atoms with Gasteiger partial charge in [-0.25, -0.2) is 0 Å². The van der Waals surface area contributed by atoms with Gasteiger partial charge in [-0.2, -0.15) is 0 Å². The van der Waals surface area contributed by atoms with Crippen LogP contribution in [0.3, 0.4) is 0 Å². The standard InChI is InChI=1S/C15H15ClOS.C2H6O/c1-10(2)15-9-12(16)6-7-14(15)11-4-3-5-13(8-11)18-17;1-2-3/h3-10,17H,1-2H3;3H,2H2,1H3. The van der Waals surface area contributed by atoms with E-state index >= 15 is 0 Å². The van der Waals surface area contributed by atoms with Crippen LogP contribution in [0.15, 0.2) is 47.4 Å². The summed E-state index contributed by atoms with van der Waals surface area (Å²) in [5, 5.41) is 8.33. The molecule has 2 nitrogen and oxygen atoms in total. The molecule has 0 aromatic heterocycles. The van der Waals surface area contributed by atoms with Crippen LogP contribution in [0.4, 0.5) is 0 Å². The Morgan fingerprint density at radius 3 is 2.38 bits per heavy atom. The van der Waals surface area contributed by atoms with Crippen LogP contribution in [0.25, 0.3) is 11.1 Å². The topological polar surface area (TPSA) is 40.5 Å². The first-order chi connectivity index (χ1) is 10.0. The Kier molecular flexibility index (Phi) is 7.83. The van der Waals surface area contributed by atoms with E-state index in [0.717, 1.165) is 27.5 Å². The van der Waals surface area contributed by atoms with Gasteiger partial charge in [0.15, 0.2) is 0 Å². The summed E-state index contributed by atoms with van der Waals surface area (Å²) in [6.07, 6.45) is 0. The average molecular weight is 325 g/mol. The summed E-state index contributed by atoms with van der Waals surface area (Å²) in [7, 11) is 0. The molecule has 0 fully saturated rings. The van der Waals surface area contributed by atoms with Gasteiger partial charge in [0.2, 0.25) is 0 Å². The second-order valence-electron chi connectivity index (χ2n) is 4.82. The van der Waals surface area contributed by atoms with Crippen molar-refractivity contribution in [2.75, 3.05) is 6.61 Å². The molecule has 0 heterocycles. The number of aliphatic hydroxyl groups excluding tert-OH is 1. The monoisotopic (exact) mass is 324 g/mol. The molecule has 0 bridgehead atoms. The van der Waals surface area contributed by atoms with Gasteiger partial charge in [-0.3, -0.25) is 0 Å². The molecule has 4 heteroatoms. The Labute approximate surface area is 136 Å². The molecule has 0 amide bonds. The van der Waals surface area contributed by atoms with Crippen molar-refractivity contribution in [1.29, 1.82) is 0 Å². The summed E-state index contributed by atoms with van der Waals surface area (Å²) < 4.78 is 9.13. The normalized spacial score (nSPS) is 10.2. The van der Waals surface area contributed by atoms with E-state index in [-0.39, 0.29) is 6.61 Å². The molecule has 2 N–H and O–H groups in total. The molecule has 0 saturated heterocycles. The van der Waals surface area contributed by atoms with Crippen LogP contribution < -0.4 is 0 Å². The summed E-state index contributed by atoms with van der Waals surface area (Å²) in [5.74, 6) is 0.407. The van der Waals surface area contributed by atoms with Crippen LogP contribution >= 0.6 is 23.6 Å². The predicted octanol–water partition coefficient (Wildman–Crippen LogP) is 5.69. The number of rotatable bonds is 3. The van der Waals surface area contributed by atoms with E-state index in [9.17, 15) is 0 Å². The third-order valence-electron chi connectivity index (χ3n) is 2.89. The maximum Gasteiger partial charge on any atom is 0.0409 e. The molecular formula is C17H21ClO2S. The fraction of sp³-hybridized carbons (Fsp3) is 0.294. The minimum Gasteiger partial charge on any atom is -0.397 e. The second-order valence-corrected chi connectivity index (χ2v) is 5.91. The highest BCUT2D eigenvalue weighted by atomic mass is 35.5. The van der Waals surface area contributed by atoms with Crippen LogP contribution in [0.2, 0.25) is 5.02 Å². The van der Waals surface area contributed by atoms with E-state index in [1.165, 1.54) is 11.1 Å². The van der Waals surface area contributed by atoms with E-state index in [1.807, 2.05) is 36.4 Å². The first-order valence-electron chi connectivity index (χ1n) is 6.85. The average Bonchev–Trinajstić information content (AvgIpc) is 2.48. The SMILES string of the molecule is CC(C)c1cc(Cl)ccc1-c1cccc(SO)c1.CCO. The molecule has 0 spiro atoms. The molecule has 0 saturated carbocycles. The van der Waals surface area contributed by atoms with Crippen molar-refractivity contribution in [3.8, 4) is 11.1 Å². The molecule has 0 aliphatic heterocycles. The number of aliphatic hydroxyl groups is 1. The Morgan fingerprint density at radius 2 is 1.81 bits per heavy atom. The van der Waals surface area contributed by atoms with Gasteiger partial charge in [0.1, 0.15) is 0 Å². The zero-order valence-electron chi connectivity index (χ0n) is 12.5. The number of halogens is 1. The van der Waals surface area contributed by atoms with Crippen molar-refractivity contribution >= 4 is 23.6 Å². The number of hydrogen-bond donors (Lipinski definition) is 2. The minimum absolute atomic E-state index is 0.250. The lowest BCUT2D eigenvalue weighted by molar-refractivity contribution is 0.318. The lowest BCUT2D eigenvalue weighted by Crippen LogP contribution is -1.92. The maximum atomic E-state index is 9.13. The second kappa shape index (κ2) is 9.11. The zero-order valence-corrected chi connectivity index (χ0v) is 14.1. The van der Waals surface area contributed by atoms with Gasteiger partial charge in [-0.1, -0.05) is 43.6 Å². The Bertz CT molecular complexity index is 570. The minimum atomic E-state index is 0.250. The quantitative estimate of drug-likeness (QED) is 0.712. The highest BCUT2D eigenvalue weighted by Gasteiger charge is 2.09. The van der Waals surface area contributed by atoms with E-state index < -0.39 is 0 Å². The molecule has 0 aliphatic carbocycles. The molecule has 2 rings (SSSR count). The number of hydrogen-bond acceptors (Lipinski definition) is 3. The van der Waals surface area contributed by atoms with Gasteiger partial charge in [-0.15, -0.1) is 0 Å². The van der Waals surface area contributed by atoms with E-state index in [4.69, 9.17) is 21.3 Å². The first-order valence-corrected chi connectivity index (χ1v) is 8.00. The van der Waals surface area contributed by atoms with Crippen molar-refractivity contribution in [3.05, 3.63) is 53.1 Å². The molecule has 2 aromatic rings. The van der Waals surface area contributed by atoms with Crippen molar-refractivity contribution in [2.45, 2.75) is 31.6 Å². The van der Waals surface area contributed by atoms with Gasteiger partial charge >= 0.3 is 0 Å². The van der Waals surface area contributed by atoms with Crippen LogP contribution in [-0.4, -0.2) is 16.3 Å². The van der Waals surface area contributed by atoms with Gasteiger partial charge in [0.05, 0.1) is 0 Å². The molecule has 0 aliphatic rings. The molecule has 0 unspecified atom stereocenters. The van der Waals surface area contributed by atoms with Gasteiger partial charge in [0, 0.05) is 28.6 Å². The van der Waals surface area contributed by atoms with Gasteiger partial charge in [0.25, 0.3) is 0 Å². The highest BCUT2D eigenvalue weighted by Crippen LogP contribution is 2.33. The summed E-state index contributed by atoms with van der Waals surface area (Å²) in [5.41, 5.74) is 3.50. The predicted molar refractivity (Wildman–Crippen MR) is 92.2 cm³/mol. The first kappa shape index (κ1) is 18.1. The van der Waals surface area contributed by atoms with Crippen molar-refractivity contribution < 1.29 is 9.66 Å². The number of benzene rings is 2. The van der Waals surface area contributed by atoms with Crippen molar-refractivity contribution in [2.24, 2.45) is 0 Å².